The molecule has 1 aromatic heterocycles. The number of fused-ring (bicyclic) bond motifs is 1. The maximum atomic E-state index is 13.0. The van der Waals surface area contributed by atoms with Crippen molar-refractivity contribution >= 4 is 11.0 Å². The van der Waals surface area contributed by atoms with Crippen LogP contribution in [0.4, 0.5) is 0 Å². The highest BCUT2D eigenvalue weighted by Gasteiger charge is 2.25. The van der Waals surface area contributed by atoms with Gasteiger partial charge in [0.2, 0.25) is 0 Å². The molecule has 1 N–H and O–H groups in total. The second-order valence-corrected chi connectivity index (χ2v) is 8.70. The molecule has 0 radical (unpaired) electrons. The van der Waals surface area contributed by atoms with Gasteiger partial charge in [0.15, 0.2) is 0 Å². The van der Waals surface area contributed by atoms with Crippen LogP contribution in [-0.2, 0) is 6.54 Å². The van der Waals surface area contributed by atoms with E-state index in [1.165, 1.54) is 6.42 Å². The molecule has 0 saturated carbocycles. The van der Waals surface area contributed by atoms with Gasteiger partial charge in [-0.1, -0.05) is 26.0 Å². The second kappa shape index (κ2) is 8.15. The molecular weight excluding hydrogens is 378 g/mol. The van der Waals surface area contributed by atoms with Crippen molar-refractivity contribution in [3.8, 4) is 22.6 Å². The molecule has 1 fully saturated rings. The average molecular weight is 408 g/mol. The van der Waals surface area contributed by atoms with Crippen LogP contribution in [0.3, 0.4) is 0 Å². The van der Waals surface area contributed by atoms with Crippen molar-refractivity contribution in [2.45, 2.75) is 33.7 Å². The molecule has 1 aliphatic rings. The van der Waals surface area contributed by atoms with Crippen LogP contribution in [-0.4, -0.2) is 30.2 Å². The fourth-order valence-corrected chi connectivity index (χ4v) is 4.85. The second-order valence-electron chi connectivity index (χ2n) is 8.70. The SMILES string of the molecule is COc1ccc(-c2c(C)c3ccc(O)c(CN4CC(C)CC(C)C4)c3oc2=O)cc1. The van der Waals surface area contributed by atoms with Crippen LogP contribution in [0.2, 0.25) is 0 Å². The number of hydrogen-bond acceptors (Lipinski definition) is 5. The van der Waals surface area contributed by atoms with Crippen molar-refractivity contribution in [3.63, 3.8) is 0 Å². The summed E-state index contributed by atoms with van der Waals surface area (Å²) in [5.74, 6) is 2.13. The van der Waals surface area contributed by atoms with Gasteiger partial charge in [-0.15, -0.1) is 0 Å². The van der Waals surface area contributed by atoms with Crippen LogP contribution < -0.4 is 10.4 Å². The van der Waals surface area contributed by atoms with Crippen LogP contribution in [0.5, 0.6) is 11.5 Å². The van der Waals surface area contributed by atoms with E-state index in [0.717, 1.165) is 35.4 Å². The van der Waals surface area contributed by atoms with Gasteiger partial charge in [-0.2, -0.15) is 0 Å². The monoisotopic (exact) mass is 407 g/mol. The first-order valence-corrected chi connectivity index (χ1v) is 10.5. The Kier molecular flexibility index (Phi) is 5.56. The summed E-state index contributed by atoms with van der Waals surface area (Å²) in [5.41, 5.74) is 2.97. The maximum Gasteiger partial charge on any atom is 0.344 e. The average Bonchev–Trinajstić information content (AvgIpc) is 2.70. The quantitative estimate of drug-likeness (QED) is 0.619. The minimum Gasteiger partial charge on any atom is -0.507 e. The molecule has 1 saturated heterocycles. The molecule has 0 amide bonds. The number of phenols is 1. The number of nitrogens with zero attached hydrogens (tertiary/aromatic N) is 1. The van der Waals surface area contributed by atoms with Crippen LogP contribution >= 0.6 is 0 Å². The molecule has 3 aromatic rings. The molecule has 5 heteroatoms. The summed E-state index contributed by atoms with van der Waals surface area (Å²) >= 11 is 0. The van der Waals surface area contributed by atoms with Gasteiger partial charge in [-0.25, -0.2) is 4.79 Å². The maximum absolute atomic E-state index is 13.0. The Bertz CT molecular complexity index is 1110. The van der Waals surface area contributed by atoms with Gasteiger partial charge in [0.1, 0.15) is 17.1 Å². The lowest BCUT2D eigenvalue weighted by atomic mass is 9.91. The van der Waals surface area contributed by atoms with Crippen LogP contribution in [0.25, 0.3) is 22.1 Å². The van der Waals surface area contributed by atoms with Gasteiger partial charge in [0.05, 0.1) is 18.2 Å². The van der Waals surface area contributed by atoms with Crippen molar-refractivity contribution in [1.82, 2.24) is 4.90 Å². The Labute approximate surface area is 176 Å². The largest absolute Gasteiger partial charge is 0.507 e. The minimum atomic E-state index is -0.391. The lowest BCUT2D eigenvalue weighted by molar-refractivity contribution is 0.133. The van der Waals surface area contributed by atoms with E-state index in [-0.39, 0.29) is 5.75 Å². The molecule has 0 bridgehead atoms. The van der Waals surface area contributed by atoms with Crippen LogP contribution in [0.15, 0.2) is 45.6 Å². The zero-order valence-corrected chi connectivity index (χ0v) is 18.1. The molecule has 158 valence electrons. The van der Waals surface area contributed by atoms with E-state index in [0.29, 0.717) is 35.1 Å². The van der Waals surface area contributed by atoms with Crippen LogP contribution in [0, 0.1) is 18.8 Å². The highest BCUT2D eigenvalue weighted by molar-refractivity contribution is 5.89. The van der Waals surface area contributed by atoms with Crippen molar-refractivity contribution < 1.29 is 14.3 Å². The summed E-state index contributed by atoms with van der Waals surface area (Å²) in [5, 5.41) is 11.4. The zero-order valence-electron chi connectivity index (χ0n) is 18.1. The molecule has 0 aliphatic carbocycles. The lowest BCUT2D eigenvalue weighted by Gasteiger charge is -2.35. The Balaban J connectivity index is 1.79. The van der Waals surface area contributed by atoms with Gasteiger partial charge in [-0.05, 0) is 60.6 Å². The van der Waals surface area contributed by atoms with Crippen molar-refractivity contribution in [1.29, 1.82) is 0 Å². The molecular formula is C25H29NO4. The third kappa shape index (κ3) is 3.82. The van der Waals surface area contributed by atoms with Crippen molar-refractivity contribution in [2.75, 3.05) is 20.2 Å². The third-order valence-corrected chi connectivity index (χ3v) is 6.12. The fraction of sp³-hybridized carbons (Fsp3) is 0.400. The highest BCUT2D eigenvalue weighted by Crippen LogP contribution is 2.34. The normalized spacial score (nSPS) is 19.9. The Hall–Kier alpha value is -2.79. The molecule has 30 heavy (non-hydrogen) atoms. The first-order chi connectivity index (χ1) is 14.4. The summed E-state index contributed by atoms with van der Waals surface area (Å²) in [6.07, 6.45) is 1.22. The van der Waals surface area contributed by atoms with Gasteiger partial charge >= 0.3 is 5.63 Å². The molecule has 0 spiro atoms. The summed E-state index contributed by atoms with van der Waals surface area (Å²) < 4.78 is 11.0. The molecule has 2 aromatic carbocycles. The van der Waals surface area contributed by atoms with Crippen molar-refractivity contribution in [2.24, 2.45) is 11.8 Å². The predicted octanol–water partition coefficient (Wildman–Crippen LogP) is 4.96. The highest BCUT2D eigenvalue weighted by atomic mass is 16.5. The van der Waals surface area contributed by atoms with E-state index in [9.17, 15) is 9.90 Å². The molecule has 2 unspecified atom stereocenters. The predicted molar refractivity (Wildman–Crippen MR) is 119 cm³/mol. The van der Waals surface area contributed by atoms with Crippen molar-refractivity contribution in [3.05, 3.63) is 57.9 Å². The lowest BCUT2D eigenvalue weighted by Crippen LogP contribution is -2.38. The van der Waals surface area contributed by atoms with E-state index in [1.807, 2.05) is 37.3 Å². The number of phenolic OH excluding ortho intramolecular Hbond substituents is 1. The van der Waals surface area contributed by atoms with E-state index in [2.05, 4.69) is 18.7 Å². The molecule has 2 heterocycles. The molecule has 5 nitrogen and oxygen atoms in total. The number of methoxy groups -OCH3 is 1. The standard InChI is InChI=1S/C25H29NO4/c1-15-11-16(2)13-26(12-15)14-21-22(27)10-9-20-17(3)23(25(28)30-24(20)21)18-5-7-19(29-4)8-6-18/h5-10,15-16,27H,11-14H2,1-4H3. The summed E-state index contributed by atoms with van der Waals surface area (Å²) in [7, 11) is 1.61. The number of ether oxygens (including phenoxy) is 1. The number of benzene rings is 2. The van der Waals surface area contributed by atoms with Gasteiger partial charge < -0.3 is 14.3 Å². The first-order valence-electron chi connectivity index (χ1n) is 10.5. The number of likely N-dealkylation sites (tertiary alicyclic amines) is 1. The van der Waals surface area contributed by atoms with E-state index < -0.39 is 5.63 Å². The van der Waals surface area contributed by atoms with E-state index >= 15 is 0 Å². The molecule has 1 aliphatic heterocycles. The smallest absolute Gasteiger partial charge is 0.344 e. The Morgan fingerprint density at radius 2 is 1.77 bits per heavy atom. The minimum absolute atomic E-state index is 0.174. The number of aromatic hydroxyl groups is 1. The number of piperidine rings is 1. The molecule has 4 rings (SSSR count). The fourth-order valence-electron chi connectivity index (χ4n) is 4.85. The topological polar surface area (TPSA) is 62.9 Å². The molecule has 2 atom stereocenters. The van der Waals surface area contributed by atoms with Gasteiger partial charge in [-0.3, -0.25) is 4.90 Å². The Morgan fingerprint density at radius 1 is 1.10 bits per heavy atom. The van der Waals surface area contributed by atoms with Crippen LogP contribution in [0.1, 0.15) is 31.4 Å². The summed E-state index contributed by atoms with van der Waals surface area (Å²) in [6, 6.07) is 10.9. The zero-order chi connectivity index (χ0) is 21.4. The summed E-state index contributed by atoms with van der Waals surface area (Å²) in [6.45, 7) is 8.99. The number of rotatable bonds is 4. The van der Waals surface area contributed by atoms with E-state index in [4.69, 9.17) is 9.15 Å². The summed E-state index contributed by atoms with van der Waals surface area (Å²) in [4.78, 5) is 15.3. The third-order valence-electron chi connectivity index (χ3n) is 6.12. The number of aryl methyl sites for hydroxylation is 1. The van der Waals surface area contributed by atoms with Gasteiger partial charge in [0.25, 0.3) is 0 Å². The van der Waals surface area contributed by atoms with E-state index in [1.54, 1.807) is 13.2 Å². The first kappa shape index (κ1) is 20.5. The Morgan fingerprint density at radius 3 is 2.40 bits per heavy atom. The van der Waals surface area contributed by atoms with Gasteiger partial charge in [0, 0.05) is 25.0 Å². The number of hydrogen-bond donors (Lipinski definition) is 1.